The summed E-state index contributed by atoms with van der Waals surface area (Å²) in [7, 11) is 2.00. The molecule has 0 spiro atoms. The SMILES string of the molecule is CNCC1CN(C(C)C)c2c(Cl)cccc21. The molecule has 3 heteroatoms. The van der Waals surface area contributed by atoms with Crippen LogP contribution in [0, 0.1) is 0 Å². The summed E-state index contributed by atoms with van der Waals surface area (Å²) >= 11 is 6.31. The molecular formula is C13H19ClN2. The molecular weight excluding hydrogens is 220 g/mol. The predicted molar refractivity (Wildman–Crippen MR) is 70.6 cm³/mol. The molecule has 1 unspecified atom stereocenters. The van der Waals surface area contributed by atoms with Gasteiger partial charge in [-0.15, -0.1) is 0 Å². The topological polar surface area (TPSA) is 15.3 Å². The van der Waals surface area contributed by atoms with E-state index in [1.165, 1.54) is 11.3 Å². The van der Waals surface area contributed by atoms with Crippen LogP contribution >= 0.6 is 11.6 Å². The molecule has 0 amide bonds. The lowest BCUT2D eigenvalue weighted by molar-refractivity contribution is 0.611. The van der Waals surface area contributed by atoms with Gasteiger partial charge in [-0.1, -0.05) is 23.7 Å². The van der Waals surface area contributed by atoms with Crippen molar-refractivity contribution in [1.29, 1.82) is 0 Å². The molecule has 1 aromatic carbocycles. The minimum absolute atomic E-state index is 0.500. The second-order valence-corrected chi connectivity index (χ2v) is 5.09. The van der Waals surface area contributed by atoms with Crippen LogP contribution in [0.2, 0.25) is 5.02 Å². The molecule has 0 aromatic heterocycles. The van der Waals surface area contributed by atoms with Crippen molar-refractivity contribution in [1.82, 2.24) is 5.32 Å². The van der Waals surface area contributed by atoms with E-state index < -0.39 is 0 Å². The maximum Gasteiger partial charge on any atom is 0.0642 e. The Bertz CT molecular complexity index is 376. The van der Waals surface area contributed by atoms with Crippen molar-refractivity contribution in [3.63, 3.8) is 0 Å². The van der Waals surface area contributed by atoms with Gasteiger partial charge in [0.2, 0.25) is 0 Å². The van der Waals surface area contributed by atoms with Crippen LogP contribution in [0.15, 0.2) is 18.2 Å². The summed E-state index contributed by atoms with van der Waals surface area (Å²) in [4.78, 5) is 2.40. The Morgan fingerprint density at radius 2 is 2.25 bits per heavy atom. The van der Waals surface area contributed by atoms with E-state index in [1.807, 2.05) is 19.2 Å². The fourth-order valence-corrected chi connectivity index (χ4v) is 2.77. The first kappa shape index (κ1) is 11.7. The van der Waals surface area contributed by atoms with Gasteiger partial charge in [0.25, 0.3) is 0 Å². The number of rotatable bonds is 3. The first-order valence-corrected chi connectivity index (χ1v) is 6.22. The third-order valence-electron chi connectivity index (χ3n) is 3.24. The lowest BCUT2D eigenvalue weighted by Gasteiger charge is -2.25. The fourth-order valence-electron chi connectivity index (χ4n) is 2.48. The largest absolute Gasteiger partial charge is 0.367 e. The summed E-state index contributed by atoms with van der Waals surface area (Å²) < 4.78 is 0. The number of hydrogen-bond acceptors (Lipinski definition) is 2. The summed E-state index contributed by atoms with van der Waals surface area (Å²) in [5.41, 5.74) is 2.62. The van der Waals surface area contributed by atoms with Crippen LogP contribution in [0.3, 0.4) is 0 Å². The van der Waals surface area contributed by atoms with E-state index in [0.717, 1.165) is 18.1 Å². The summed E-state index contributed by atoms with van der Waals surface area (Å²) in [6.07, 6.45) is 0. The Morgan fingerprint density at radius 1 is 1.50 bits per heavy atom. The third-order valence-corrected chi connectivity index (χ3v) is 3.54. The van der Waals surface area contributed by atoms with Crippen molar-refractivity contribution in [2.24, 2.45) is 0 Å². The van der Waals surface area contributed by atoms with Gasteiger partial charge in [-0.2, -0.15) is 0 Å². The van der Waals surface area contributed by atoms with Crippen LogP contribution in [-0.4, -0.2) is 26.2 Å². The minimum atomic E-state index is 0.500. The number of benzene rings is 1. The molecule has 0 fully saturated rings. The van der Waals surface area contributed by atoms with E-state index in [4.69, 9.17) is 11.6 Å². The molecule has 0 radical (unpaired) electrons. The zero-order valence-electron chi connectivity index (χ0n) is 10.1. The number of nitrogens with zero attached hydrogens (tertiary/aromatic N) is 1. The van der Waals surface area contributed by atoms with Crippen molar-refractivity contribution in [2.45, 2.75) is 25.8 Å². The molecule has 16 heavy (non-hydrogen) atoms. The molecule has 0 aliphatic carbocycles. The van der Waals surface area contributed by atoms with E-state index in [1.54, 1.807) is 0 Å². The van der Waals surface area contributed by atoms with Gasteiger partial charge in [-0.3, -0.25) is 0 Å². The van der Waals surface area contributed by atoms with Gasteiger partial charge < -0.3 is 10.2 Å². The lowest BCUT2D eigenvalue weighted by atomic mass is 10.0. The highest BCUT2D eigenvalue weighted by Gasteiger charge is 2.30. The molecule has 1 aromatic rings. The Hall–Kier alpha value is -0.730. The van der Waals surface area contributed by atoms with Gasteiger partial charge in [0, 0.05) is 25.0 Å². The predicted octanol–water partition coefficient (Wildman–Crippen LogP) is 2.87. The maximum atomic E-state index is 6.31. The van der Waals surface area contributed by atoms with Gasteiger partial charge >= 0.3 is 0 Å². The molecule has 1 aliphatic rings. The number of para-hydroxylation sites is 1. The standard InChI is InChI=1S/C13H19ClN2/c1-9(2)16-8-10(7-15-3)11-5-4-6-12(14)13(11)16/h4-6,9-10,15H,7-8H2,1-3H3. The van der Waals surface area contributed by atoms with Crippen molar-refractivity contribution < 1.29 is 0 Å². The van der Waals surface area contributed by atoms with Gasteiger partial charge in [0.15, 0.2) is 0 Å². The first-order valence-electron chi connectivity index (χ1n) is 5.84. The van der Waals surface area contributed by atoms with Gasteiger partial charge in [-0.25, -0.2) is 0 Å². The van der Waals surface area contributed by atoms with E-state index >= 15 is 0 Å². The average molecular weight is 239 g/mol. The first-order chi connectivity index (χ1) is 7.65. The van der Waals surface area contributed by atoms with Crippen LogP contribution in [-0.2, 0) is 0 Å². The van der Waals surface area contributed by atoms with Crippen molar-refractivity contribution in [2.75, 3.05) is 25.0 Å². The maximum absolute atomic E-state index is 6.31. The second-order valence-electron chi connectivity index (χ2n) is 4.68. The Kier molecular flexibility index (Phi) is 3.41. The molecule has 1 N–H and O–H groups in total. The fraction of sp³-hybridized carbons (Fsp3) is 0.538. The van der Waals surface area contributed by atoms with E-state index in [-0.39, 0.29) is 0 Å². The molecule has 0 saturated heterocycles. The van der Waals surface area contributed by atoms with Crippen molar-refractivity contribution in [3.8, 4) is 0 Å². The third kappa shape index (κ3) is 1.92. The quantitative estimate of drug-likeness (QED) is 0.871. The van der Waals surface area contributed by atoms with Crippen LogP contribution < -0.4 is 10.2 Å². The molecule has 88 valence electrons. The monoisotopic (exact) mass is 238 g/mol. The highest BCUT2D eigenvalue weighted by Crippen LogP contribution is 2.41. The van der Waals surface area contributed by atoms with Crippen molar-refractivity contribution in [3.05, 3.63) is 28.8 Å². The molecule has 1 atom stereocenters. The average Bonchev–Trinajstić information content (AvgIpc) is 2.60. The molecule has 1 heterocycles. The smallest absolute Gasteiger partial charge is 0.0642 e. The Morgan fingerprint density at radius 3 is 2.88 bits per heavy atom. The highest BCUT2D eigenvalue weighted by atomic mass is 35.5. The number of anilines is 1. The second kappa shape index (κ2) is 4.64. The zero-order chi connectivity index (χ0) is 11.7. The van der Waals surface area contributed by atoms with Crippen LogP contribution in [0.25, 0.3) is 0 Å². The molecule has 2 rings (SSSR count). The normalized spacial score (nSPS) is 19.3. The highest BCUT2D eigenvalue weighted by molar-refractivity contribution is 6.33. The van der Waals surface area contributed by atoms with E-state index in [9.17, 15) is 0 Å². The van der Waals surface area contributed by atoms with Crippen LogP contribution in [0.4, 0.5) is 5.69 Å². The Balaban J connectivity index is 2.40. The minimum Gasteiger partial charge on any atom is -0.367 e. The van der Waals surface area contributed by atoms with Crippen LogP contribution in [0.5, 0.6) is 0 Å². The lowest BCUT2D eigenvalue weighted by Crippen LogP contribution is -2.31. The summed E-state index contributed by atoms with van der Waals surface area (Å²) in [6.45, 7) is 6.51. The molecule has 0 bridgehead atoms. The number of nitrogens with one attached hydrogen (secondary N) is 1. The number of halogens is 1. The zero-order valence-corrected chi connectivity index (χ0v) is 10.9. The summed E-state index contributed by atoms with van der Waals surface area (Å²) in [5.74, 6) is 0.557. The van der Waals surface area contributed by atoms with Crippen LogP contribution in [0.1, 0.15) is 25.3 Å². The van der Waals surface area contributed by atoms with E-state index in [2.05, 4.69) is 30.1 Å². The summed E-state index contributed by atoms with van der Waals surface area (Å²) in [6, 6.07) is 6.73. The molecule has 1 aliphatic heterocycles. The number of hydrogen-bond donors (Lipinski definition) is 1. The summed E-state index contributed by atoms with van der Waals surface area (Å²) in [5, 5.41) is 4.14. The van der Waals surface area contributed by atoms with Gasteiger partial charge in [0.1, 0.15) is 0 Å². The Labute approximate surface area is 103 Å². The van der Waals surface area contributed by atoms with Gasteiger partial charge in [-0.05, 0) is 32.5 Å². The van der Waals surface area contributed by atoms with Crippen molar-refractivity contribution >= 4 is 17.3 Å². The van der Waals surface area contributed by atoms with Gasteiger partial charge in [0.05, 0.1) is 10.7 Å². The number of fused-ring (bicyclic) bond motifs is 1. The molecule has 0 saturated carbocycles. The number of likely N-dealkylation sites (N-methyl/N-ethyl adjacent to an activating group) is 1. The van der Waals surface area contributed by atoms with E-state index in [0.29, 0.717) is 12.0 Å². The molecule has 2 nitrogen and oxygen atoms in total.